The first kappa shape index (κ1) is 25.0. The van der Waals surface area contributed by atoms with Gasteiger partial charge in [0.25, 0.3) is 8.32 Å². The van der Waals surface area contributed by atoms with Crippen LogP contribution in [-0.2, 0) is 4.43 Å². The fourth-order valence-corrected chi connectivity index (χ4v) is 12.2. The van der Waals surface area contributed by atoms with Crippen LogP contribution in [0.4, 0.5) is 0 Å². The summed E-state index contributed by atoms with van der Waals surface area (Å²) in [7, 11) is -2.48. The third-order valence-electron chi connectivity index (χ3n) is 7.77. The summed E-state index contributed by atoms with van der Waals surface area (Å²) in [5.74, 6) is 3.11. The van der Waals surface area contributed by atoms with Crippen molar-refractivity contribution < 1.29 is 4.43 Å². The van der Waals surface area contributed by atoms with Crippen molar-refractivity contribution >= 4 is 63.9 Å². The van der Waals surface area contributed by atoms with Gasteiger partial charge in [-0.05, 0) is 85.3 Å². The number of benzene rings is 2. The van der Waals surface area contributed by atoms with Crippen LogP contribution >= 0.6 is 45.2 Å². The van der Waals surface area contributed by atoms with Gasteiger partial charge >= 0.3 is 0 Å². The quantitative estimate of drug-likeness (QED) is 0.211. The molecule has 0 radical (unpaired) electrons. The van der Waals surface area contributed by atoms with Gasteiger partial charge < -0.3 is 8.99 Å². The van der Waals surface area contributed by atoms with Crippen molar-refractivity contribution in [2.75, 3.05) is 0 Å². The second-order valence-corrected chi connectivity index (χ2v) is 17.6. The van der Waals surface area contributed by atoms with Crippen LogP contribution in [-0.4, -0.2) is 24.0 Å². The lowest BCUT2D eigenvalue weighted by Gasteiger charge is -2.45. The van der Waals surface area contributed by atoms with E-state index in [1.165, 1.54) is 19.9 Å². The number of aromatic nitrogens is 2. The summed E-state index contributed by atoms with van der Waals surface area (Å²) >= 11 is 4.89. The molecule has 2 aliphatic rings. The highest BCUT2D eigenvalue weighted by Gasteiger charge is 2.61. The van der Waals surface area contributed by atoms with E-state index in [-0.39, 0.29) is 5.04 Å². The lowest BCUT2D eigenvalue weighted by Crippen LogP contribution is -2.67. The Kier molecular flexibility index (Phi) is 6.83. The van der Waals surface area contributed by atoms with Gasteiger partial charge in [0.05, 0.1) is 0 Å². The van der Waals surface area contributed by atoms with E-state index >= 15 is 0 Å². The predicted molar refractivity (Wildman–Crippen MR) is 159 cm³/mol. The van der Waals surface area contributed by atoms with Gasteiger partial charge in [-0.25, -0.2) is 4.98 Å². The second kappa shape index (κ2) is 9.30. The molecule has 0 bridgehead atoms. The van der Waals surface area contributed by atoms with Gasteiger partial charge in [-0.3, -0.25) is 0 Å². The third kappa shape index (κ3) is 4.14. The molecule has 4 atom stereocenters. The van der Waals surface area contributed by atoms with Gasteiger partial charge in [0.2, 0.25) is 0 Å². The lowest BCUT2D eigenvalue weighted by atomic mass is 10.1. The Morgan fingerprint density at radius 3 is 1.85 bits per heavy atom. The Labute approximate surface area is 232 Å². The minimum atomic E-state index is -2.48. The van der Waals surface area contributed by atoms with E-state index in [4.69, 9.17) is 9.41 Å². The first-order valence-corrected chi connectivity index (χ1v) is 16.4. The van der Waals surface area contributed by atoms with E-state index in [0.717, 1.165) is 16.5 Å². The molecule has 2 saturated carbocycles. The van der Waals surface area contributed by atoms with E-state index in [2.05, 4.69) is 145 Å². The van der Waals surface area contributed by atoms with E-state index in [1.807, 2.05) is 0 Å². The molecule has 0 spiro atoms. The summed E-state index contributed by atoms with van der Waals surface area (Å²) in [6, 6.07) is 22.7. The average Bonchev–Trinajstić information content (AvgIpc) is 3.13. The maximum Gasteiger partial charge on any atom is 0.261 e. The van der Waals surface area contributed by atoms with Crippen molar-refractivity contribution in [2.24, 2.45) is 11.8 Å². The normalized spacial score (nSPS) is 24.5. The summed E-state index contributed by atoms with van der Waals surface area (Å²) in [4.78, 5) is 4.91. The Morgan fingerprint density at radius 1 is 0.912 bits per heavy atom. The zero-order valence-corrected chi connectivity index (χ0v) is 25.9. The van der Waals surface area contributed by atoms with Crippen molar-refractivity contribution in [3.63, 3.8) is 0 Å². The zero-order chi connectivity index (χ0) is 24.3. The summed E-state index contributed by atoms with van der Waals surface area (Å²) in [5.41, 5.74) is 0. The zero-order valence-electron chi connectivity index (χ0n) is 20.6. The summed E-state index contributed by atoms with van der Waals surface area (Å²) in [5, 5.41) is 2.79. The molecule has 1 aromatic heterocycles. The fraction of sp³-hybridized carbons (Fsp3) is 0.464. The number of hydrogen-bond donors (Lipinski definition) is 0. The summed E-state index contributed by atoms with van der Waals surface area (Å²) in [6.45, 7) is 11.7. The average molecular weight is 696 g/mol. The predicted octanol–water partition coefficient (Wildman–Crippen LogP) is 6.74. The highest BCUT2D eigenvalue weighted by Crippen LogP contribution is 2.63. The van der Waals surface area contributed by atoms with Crippen LogP contribution in [0.15, 0.2) is 60.7 Å². The molecule has 1 heterocycles. The maximum atomic E-state index is 7.44. The molecule has 34 heavy (non-hydrogen) atoms. The van der Waals surface area contributed by atoms with Crippen LogP contribution in [0.5, 0.6) is 0 Å². The van der Waals surface area contributed by atoms with Crippen molar-refractivity contribution in [1.82, 2.24) is 9.55 Å². The molecular formula is C28H34I2N2OSi. The molecule has 2 aromatic carbocycles. The van der Waals surface area contributed by atoms with Crippen LogP contribution in [0.25, 0.3) is 0 Å². The molecule has 5 rings (SSSR count). The van der Waals surface area contributed by atoms with Crippen molar-refractivity contribution in [1.29, 1.82) is 0 Å². The number of nitrogens with zero attached hydrogens (tertiary/aromatic N) is 2. The van der Waals surface area contributed by atoms with Gasteiger partial charge in [0.1, 0.15) is 13.2 Å². The summed E-state index contributed by atoms with van der Waals surface area (Å²) in [6.07, 6.45) is 2.63. The fourth-order valence-electron chi connectivity index (χ4n) is 6.27. The molecule has 0 aliphatic heterocycles. The number of hydrogen-bond acceptors (Lipinski definition) is 2. The van der Waals surface area contributed by atoms with Gasteiger partial charge in [0.15, 0.2) is 0 Å². The van der Waals surface area contributed by atoms with Crippen LogP contribution in [0.1, 0.15) is 65.2 Å². The highest BCUT2D eigenvalue weighted by atomic mass is 127. The number of fused-ring (bicyclic) bond motifs is 1. The molecular weight excluding hydrogens is 662 g/mol. The molecule has 3 aromatic rings. The van der Waals surface area contributed by atoms with Crippen molar-refractivity contribution in [2.45, 2.75) is 70.6 Å². The maximum absolute atomic E-state index is 7.44. The highest BCUT2D eigenvalue weighted by molar-refractivity contribution is 14.1. The topological polar surface area (TPSA) is 27.1 Å². The first-order chi connectivity index (χ1) is 16.1. The SMILES string of the molecule is CC(C)c1nc(I)c(I)n1C1[C@H]2CC(O[Si](c3ccccc3)(c3ccccc3)C(C)(C)C)C[C@@H]12. The van der Waals surface area contributed by atoms with E-state index in [9.17, 15) is 0 Å². The van der Waals surface area contributed by atoms with E-state index < -0.39 is 8.32 Å². The van der Waals surface area contributed by atoms with Gasteiger partial charge in [0, 0.05) is 18.1 Å². The molecule has 180 valence electrons. The van der Waals surface area contributed by atoms with Crippen LogP contribution in [0.2, 0.25) is 5.04 Å². The smallest absolute Gasteiger partial charge is 0.261 e. The summed E-state index contributed by atoms with van der Waals surface area (Å²) < 4.78 is 12.5. The van der Waals surface area contributed by atoms with E-state index in [1.54, 1.807) is 0 Å². The largest absolute Gasteiger partial charge is 0.404 e. The Hall–Kier alpha value is -0.713. The molecule has 0 N–H and O–H groups in total. The molecule has 0 saturated heterocycles. The van der Waals surface area contributed by atoms with Crippen LogP contribution in [0, 0.1) is 19.2 Å². The molecule has 6 heteroatoms. The van der Waals surface area contributed by atoms with Crippen LogP contribution in [0.3, 0.4) is 0 Å². The number of halogens is 2. The van der Waals surface area contributed by atoms with Crippen molar-refractivity contribution in [3.8, 4) is 0 Å². The van der Waals surface area contributed by atoms with Crippen LogP contribution < -0.4 is 10.4 Å². The molecule has 3 nitrogen and oxygen atoms in total. The third-order valence-corrected chi connectivity index (χ3v) is 15.7. The Bertz CT molecular complexity index is 1100. The first-order valence-electron chi connectivity index (χ1n) is 12.4. The Balaban J connectivity index is 1.45. The molecule has 2 fully saturated rings. The second-order valence-electron chi connectivity index (χ2n) is 11.3. The minimum absolute atomic E-state index is 0.0303. The van der Waals surface area contributed by atoms with Gasteiger partial charge in [-0.1, -0.05) is 95.3 Å². The Morgan fingerprint density at radius 2 is 1.41 bits per heavy atom. The number of rotatable bonds is 6. The number of imidazole rings is 1. The monoisotopic (exact) mass is 696 g/mol. The molecule has 2 unspecified atom stereocenters. The van der Waals surface area contributed by atoms with Gasteiger partial charge in [-0.15, -0.1) is 0 Å². The lowest BCUT2D eigenvalue weighted by molar-refractivity contribution is 0.173. The van der Waals surface area contributed by atoms with E-state index in [0.29, 0.717) is 29.9 Å². The molecule has 2 aliphatic carbocycles. The van der Waals surface area contributed by atoms with Crippen molar-refractivity contribution in [3.05, 3.63) is 73.9 Å². The molecule has 0 amide bonds. The van der Waals surface area contributed by atoms with Gasteiger partial charge in [-0.2, -0.15) is 0 Å². The standard InChI is InChI=1S/C28H34I2N2OSi/c1-18(2)27-31-25(29)26(30)32(27)24-22-16-19(17-23(22)24)33-34(28(3,4)5,20-12-8-6-9-13-20)21-14-10-7-11-15-21/h6-15,18-19,22-24H,16-17H2,1-5H3/t19?,22-,23+,24?. The minimum Gasteiger partial charge on any atom is -0.404 e.